The first-order chi connectivity index (χ1) is 13.0. The number of hydrogen-bond acceptors (Lipinski definition) is 5. The fourth-order valence-electron chi connectivity index (χ4n) is 2.79. The molecule has 0 aliphatic heterocycles. The Morgan fingerprint density at radius 1 is 1.07 bits per heavy atom. The van der Waals surface area contributed by atoms with E-state index < -0.39 is 0 Å². The highest BCUT2D eigenvalue weighted by Crippen LogP contribution is 2.34. The summed E-state index contributed by atoms with van der Waals surface area (Å²) in [7, 11) is 6.64. The maximum Gasteiger partial charge on any atom is 0.191 e. The van der Waals surface area contributed by atoms with E-state index in [1.54, 1.807) is 28.4 Å². The van der Waals surface area contributed by atoms with Gasteiger partial charge in [0.2, 0.25) is 0 Å². The quantitative estimate of drug-likeness (QED) is 0.534. The second-order valence-corrected chi connectivity index (χ2v) is 7.58. The van der Waals surface area contributed by atoms with Gasteiger partial charge in [0.15, 0.2) is 17.5 Å². The molecular weight excluding hydrogens is 362 g/mol. The van der Waals surface area contributed by atoms with Crippen LogP contribution in [0.15, 0.2) is 29.3 Å². The van der Waals surface area contributed by atoms with Crippen LogP contribution in [-0.2, 0) is 13.0 Å². The first kappa shape index (κ1) is 20.9. The van der Waals surface area contributed by atoms with Crippen LogP contribution in [0.4, 0.5) is 0 Å². The van der Waals surface area contributed by atoms with E-state index in [-0.39, 0.29) is 6.04 Å². The highest BCUT2D eigenvalue weighted by molar-refractivity contribution is 7.11. The number of rotatable bonds is 8. The van der Waals surface area contributed by atoms with Crippen LogP contribution in [0.1, 0.15) is 22.2 Å². The van der Waals surface area contributed by atoms with Crippen LogP contribution < -0.4 is 24.8 Å². The molecule has 27 heavy (non-hydrogen) atoms. The molecule has 2 N–H and O–H groups in total. The van der Waals surface area contributed by atoms with Gasteiger partial charge in [0.1, 0.15) is 5.75 Å². The molecule has 0 saturated carbocycles. The fraction of sp³-hybridized carbons (Fsp3) is 0.450. The molecule has 0 aliphatic carbocycles. The summed E-state index contributed by atoms with van der Waals surface area (Å²) in [6, 6.07) is 8.34. The van der Waals surface area contributed by atoms with E-state index in [9.17, 15) is 0 Å². The predicted octanol–water partition coefficient (Wildman–Crippen LogP) is 3.38. The number of nitrogens with one attached hydrogen (secondary N) is 2. The third kappa shape index (κ3) is 5.79. The number of aryl methyl sites for hydroxylation is 1. The molecule has 2 rings (SSSR count). The van der Waals surface area contributed by atoms with E-state index in [1.165, 1.54) is 9.75 Å². The highest BCUT2D eigenvalue weighted by Gasteiger charge is 2.13. The van der Waals surface area contributed by atoms with Crippen molar-refractivity contribution in [2.24, 2.45) is 4.99 Å². The number of hydrogen-bond donors (Lipinski definition) is 2. The average molecular weight is 392 g/mol. The van der Waals surface area contributed by atoms with Crippen LogP contribution in [0.25, 0.3) is 0 Å². The van der Waals surface area contributed by atoms with Gasteiger partial charge in [-0.25, -0.2) is 0 Å². The molecule has 148 valence electrons. The van der Waals surface area contributed by atoms with Crippen molar-refractivity contribution in [1.82, 2.24) is 10.6 Å². The highest BCUT2D eigenvalue weighted by atomic mass is 32.1. The van der Waals surface area contributed by atoms with Crippen LogP contribution in [0.2, 0.25) is 0 Å². The number of thiophene rings is 1. The number of nitrogens with zero attached hydrogens (tertiary/aromatic N) is 1. The summed E-state index contributed by atoms with van der Waals surface area (Å²) < 4.78 is 16.2. The molecule has 0 fully saturated rings. The Bertz CT molecular complexity index is 774. The van der Waals surface area contributed by atoms with Crippen molar-refractivity contribution in [2.45, 2.75) is 32.9 Å². The molecule has 0 spiro atoms. The number of ether oxygens (including phenoxy) is 3. The van der Waals surface area contributed by atoms with Crippen LogP contribution >= 0.6 is 11.3 Å². The summed E-state index contributed by atoms with van der Waals surface area (Å²) in [6.45, 7) is 4.83. The van der Waals surface area contributed by atoms with E-state index >= 15 is 0 Å². The molecule has 0 amide bonds. The third-order valence-electron chi connectivity index (χ3n) is 4.14. The van der Waals surface area contributed by atoms with E-state index in [1.807, 2.05) is 23.5 Å². The molecule has 7 heteroatoms. The second-order valence-electron chi connectivity index (χ2n) is 6.21. The average Bonchev–Trinajstić information content (AvgIpc) is 3.08. The van der Waals surface area contributed by atoms with Crippen LogP contribution in [-0.4, -0.2) is 40.4 Å². The Labute approximate surface area is 165 Å². The maximum absolute atomic E-state index is 5.48. The molecule has 0 bridgehead atoms. The van der Waals surface area contributed by atoms with Gasteiger partial charge in [0, 0.05) is 47.4 Å². The smallest absolute Gasteiger partial charge is 0.191 e. The van der Waals surface area contributed by atoms with Crippen LogP contribution in [0.5, 0.6) is 17.2 Å². The van der Waals surface area contributed by atoms with Gasteiger partial charge in [-0.3, -0.25) is 4.99 Å². The lowest BCUT2D eigenvalue weighted by Gasteiger charge is -2.19. The molecule has 0 aliphatic rings. The summed E-state index contributed by atoms with van der Waals surface area (Å²) in [5.41, 5.74) is 0.958. The Kier molecular flexibility index (Phi) is 7.79. The fourth-order valence-corrected chi connectivity index (χ4v) is 3.80. The largest absolute Gasteiger partial charge is 0.496 e. The minimum Gasteiger partial charge on any atom is -0.496 e. The Balaban J connectivity index is 2.00. The monoisotopic (exact) mass is 391 g/mol. The van der Waals surface area contributed by atoms with Gasteiger partial charge in [-0.05, 0) is 32.0 Å². The van der Waals surface area contributed by atoms with E-state index in [4.69, 9.17) is 14.2 Å². The summed E-state index contributed by atoms with van der Waals surface area (Å²) in [4.78, 5) is 7.02. The summed E-state index contributed by atoms with van der Waals surface area (Å²) in [5, 5.41) is 6.77. The normalized spacial score (nSPS) is 12.4. The molecule has 1 aromatic heterocycles. The lowest BCUT2D eigenvalue weighted by Crippen LogP contribution is -2.42. The molecule has 1 aromatic carbocycles. The van der Waals surface area contributed by atoms with Gasteiger partial charge >= 0.3 is 0 Å². The van der Waals surface area contributed by atoms with Gasteiger partial charge in [-0.2, -0.15) is 0 Å². The van der Waals surface area contributed by atoms with Crippen molar-refractivity contribution < 1.29 is 14.2 Å². The molecular formula is C20H29N3O3S. The number of methoxy groups -OCH3 is 3. The van der Waals surface area contributed by atoms with Gasteiger partial charge in [0.05, 0.1) is 21.3 Å². The molecule has 1 unspecified atom stereocenters. The molecule has 1 atom stereocenters. The topological polar surface area (TPSA) is 64.1 Å². The van der Waals surface area contributed by atoms with Crippen LogP contribution in [0, 0.1) is 6.92 Å². The minimum atomic E-state index is 0.265. The number of benzene rings is 1. The molecule has 1 heterocycles. The van der Waals surface area contributed by atoms with Crippen molar-refractivity contribution in [2.75, 3.05) is 28.4 Å². The number of guanidine groups is 1. The Hall–Kier alpha value is -2.41. The minimum absolute atomic E-state index is 0.265. The zero-order chi connectivity index (χ0) is 19.8. The lowest BCUT2D eigenvalue weighted by molar-refractivity contribution is 0.347. The first-order valence-electron chi connectivity index (χ1n) is 8.82. The van der Waals surface area contributed by atoms with Crippen molar-refractivity contribution >= 4 is 17.3 Å². The van der Waals surface area contributed by atoms with Gasteiger partial charge in [-0.1, -0.05) is 0 Å². The van der Waals surface area contributed by atoms with Crippen LogP contribution in [0.3, 0.4) is 0 Å². The van der Waals surface area contributed by atoms with Crippen molar-refractivity contribution in [3.05, 3.63) is 39.6 Å². The van der Waals surface area contributed by atoms with E-state index in [0.717, 1.165) is 23.7 Å². The zero-order valence-corrected chi connectivity index (χ0v) is 17.7. The van der Waals surface area contributed by atoms with Crippen molar-refractivity contribution in [3.8, 4) is 17.2 Å². The van der Waals surface area contributed by atoms with E-state index in [2.05, 4.69) is 41.6 Å². The summed E-state index contributed by atoms with van der Waals surface area (Å²) >= 11 is 1.83. The predicted molar refractivity (Wildman–Crippen MR) is 112 cm³/mol. The Morgan fingerprint density at radius 3 is 2.30 bits per heavy atom. The van der Waals surface area contributed by atoms with E-state index in [0.29, 0.717) is 18.0 Å². The SMILES string of the molecule is CN=C(NCc1cc(OC)c(OC)cc1OC)NC(C)Cc1ccc(C)s1. The molecule has 0 radical (unpaired) electrons. The molecule has 6 nitrogen and oxygen atoms in total. The first-order valence-corrected chi connectivity index (χ1v) is 9.63. The second kappa shape index (κ2) is 10.1. The van der Waals surface area contributed by atoms with Gasteiger partial charge in [-0.15, -0.1) is 11.3 Å². The summed E-state index contributed by atoms with van der Waals surface area (Å²) in [5.74, 6) is 2.78. The van der Waals surface area contributed by atoms with Gasteiger partial charge in [0.25, 0.3) is 0 Å². The Morgan fingerprint density at radius 2 is 1.74 bits per heavy atom. The zero-order valence-electron chi connectivity index (χ0n) is 16.9. The van der Waals surface area contributed by atoms with Crippen molar-refractivity contribution in [1.29, 1.82) is 0 Å². The lowest BCUT2D eigenvalue weighted by atomic mass is 10.1. The molecule has 2 aromatic rings. The maximum atomic E-state index is 5.48. The standard InChI is InChI=1S/C20H29N3O3S/c1-13(9-16-8-7-14(2)27-16)23-20(21-3)22-12-15-10-18(25-5)19(26-6)11-17(15)24-4/h7-8,10-11,13H,9,12H2,1-6H3,(H2,21,22,23). The third-order valence-corrected chi connectivity index (χ3v) is 5.17. The number of aliphatic imine (C=N–C) groups is 1. The van der Waals surface area contributed by atoms with Gasteiger partial charge < -0.3 is 24.8 Å². The summed E-state index contributed by atoms with van der Waals surface area (Å²) in [6.07, 6.45) is 0.957. The van der Waals surface area contributed by atoms with Crippen molar-refractivity contribution in [3.63, 3.8) is 0 Å². The molecule has 0 saturated heterocycles.